The van der Waals surface area contributed by atoms with Gasteiger partial charge in [0.05, 0.1) is 31.8 Å². The molecule has 0 bridgehead atoms. The van der Waals surface area contributed by atoms with E-state index in [1.54, 1.807) is 22.7 Å². The summed E-state index contributed by atoms with van der Waals surface area (Å²) in [6.07, 6.45) is 0. The van der Waals surface area contributed by atoms with Crippen LogP contribution in [0.3, 0.4) is 0 Å². The molecular formula is C53H38N4S2. The standard InChI is InChI=1S/C53H38N4S2/c1-53(2)43-17-6-9-20-47(43)57(48-32-25-38(34-44(48)53)52-55-46-19-8-11-22-50(46)59-52)41-30-28-40(29-31-41)56(42-16-12-15-37(33-42)35-13-4-3-5-14-35)39-26-23-36(24-27-39)51-54-45-18-7-10-21-49(45)58-51/h3-34H,1-2H3. The van der Waals surface area contributed by atoms with Crippen LogP contribution in [0, 0.1) is 0 Å². The van der Waals surface area contributed by atoms with Crippen molar-refractivity contribution in [3.05, 3.63) is 205 Å². The molecule has 0 N–H and O–H groups in total. The minimum Gasteiger partial charge on any atom is -0.310 e. The van der Waals surface area contributed by atoms with Crippen molar-refractivity contribution in [3.63, 3.8) is 0 Å². The molecule has 1 aliphatic heterocycles. The molecule has 0 amide bonds. The van der Waals surface area contributed by atoms with Crippen LogP contribution in [0.15, 0.2) is 194 Å². The number of fused-ring (bicyclic) bond motifs is 4. The van der Waals surface area contributed by atoms with E-state index in [0.29, 0.717) is 0 Å². The van der Waals surface area contributed by atoms with Crippen molar-refractivity contribution in [2.45, 2.75) is 19.3 Å². The smallest absolute Gasteiger partial charge is 0.124 e. The third kappa shape index (κ3) is 6.20. The van der Waals surface area contributed by atoms with E-state index in [4.69, 9.17) is 9.97 Å². The van der Waals surface area contributed by atoms with Crippen LogP contribution in [0.5, 0.6) is 0 Å². The molecular weight excluding hydrogens is 757 g/mol. The lowest BCUT2D eigenvalue weighted by molar-refractivity contribution is 0.632. The van der Waals surface area contributed by atoms with Crippen LogP contribution in [0.25, 0.3) is 52.7 Å². The molecule has 0 atom stereocenters. The molecule has 8 aromatic carbocycles. The van der Waals surface area contributed by atoms with Gasteiger partial charge in [-0.05, 0) is 131 Å². The number of nitrogens with zero attached hydrogens (tertiary/aromatic N) is 4. The predicted octanol–water partition coefficient (Wildman–Crippen LogP) is 15.5. The molecule has 0 saturated heterocycles. The Morgan fingerprint density at radius 2 is 0.983 bits per heavy atom. The number of benzene rings is 8. The molecule has 4 nitrogen and oxygen atoms in total. The Kier molecular flexibility index (Phi) is 8.50. The van der Waals surface area contributed by atoms with Gasteiger partial charge in [-0.2, -0.15) is 0 Å². The fraction of sp³-hybridized carbons (Fsp3) is 0.0566. The average molecular weight is 795 g/mol. The van der Waals surface area contributed by atoms with Gasteiger partial charge in [0.15, 0.2) is 0 Å². The number of thiazole rings is 2. The monoisotopic (exact) mass is 794 g/mol. The first-order chi connectivity index (χ1) is 29.0. The van der Waals surface area contributed by atoms with E-state index in [0.717, 1.165) is 54.9 Å². The molecule has 0 fully saturated rings. The van der Waals surface area contributed by atoms with Crippen molar-refractivity contribution in [1.29, 1.82) is 0 Å². The lowest BCUT2D eigenvalue weighted by Gasteiger charge is -2.42. The zero-order valence-corrected chi connectivity index (χ0v) is 34.2. The Morgan fingerprint density at radius 1 is 0.424 bits per heavy atom. The molecule has 282 valence electrons. The van der Waals surface area contributed by atoms with Crippen molar-refractivity contribution in [2.75, 3.05) is 9.80 Å². The highest BCUT2D eigenvalue weighted by Gasteiger charge is 2.37. The van der Waals surface area contributed by atoms with E-state index in [1.807, 2.05) is 6.07 Å². The summed E-state index contributed by atoms with van der Waals surface area (Å²) in [4.78, 5) is 14.7. The summed E-state index contributed by atoms with van der Waals surface area (Å²) in [6, 6.07) is 69.7. The summed E-state index contributed by atoms with van der Waals surface area (Å²) >= 11 is 3.48. The van der Waals surface area contributed by atoms with Crippen LogP contribution in [0.2, 0.25) is 0 Å². The molecule has 2 aromatic heterocycles. The third-order valence-corrected chi connectivity index (χ3v) is 13.7. The maximum Gasteiger partial charge on any atom is 0.124 e. The Hall–Kier alpha value is -6.86. The fourth-order valence-electron chi connectivity index (χ4n) is 8.51. The van der Waals surface area contributed by atoms with Crippen molar-refractivity contribution in [1.82, 2.24) is 9.97 Å². The first-order valence-corrected chi connectivity index (χ1v) is 21.5. The minimum absolute atomic E-state index is 0.215. The first kappa shape index (κ1) is 35.3. The number of para-hydroxylation sites is 3. The highest BCUT2D eigenvalue weighted by molar-refractivity contribution is 7.22. The summed E-state index contributed by atoms with van der Waals surface area (Å²) in [5, 5.41) is 2.07. The van der Waals surface area contributed by atoms with Crippen molar-refractivity contribution in [3.8, 4) is 32.3 Å². The molecule has 0 unspecified atom stereocenters. The first-order valence-electron chi connectivity index (χ1n) is 19.9. The summed E-state index contributed by atoms with van der Waals surface area (Å²) < 4.78 is 2.40. The van der Waals surface area contributed by atoms with Crippen LogP contribution in [0.4, 0.5) is 34.1 Å². The Labute approximate surface area is 352 Å². The minimum atomic E-state index is -0.215. The summed E-state index contributed by atoms with van der Waals surface area (Å²) in [6.45, 7) is 4.69. The second-order valence-corrected chi connectivity index (χ2v) is 17.6. The fourth-order valence-corrected chi connectivity index (χ4v) is 10.4. The van der Waals surface area contributed by atoms with Crippen molar-refractivity contribution < 1.29 is 0 Å². The highest BCUT2D eigenvalue weighted by atomic mass is 32.1. The number of hydrogen-bond acceptors (Lipinski definition) is 6. The van der Waals surface area contributed by atoms with E-state index >= 15 is 0 Å². The van der Waals surface area contributed by atoms with Gasteiger partial charge in [0.2, 0.25) is 0 Å². The van der Waals surface area contributed by atoms with Crippen molar-refractivity contribution in [2.24, 2.45) is 0 Å². The van der Waals surface area contributed by atoms with Gasteiger partial charge in [-0.25, -0.2) is 9.97 Å². The maximum atomic E-state index is 5.03. The summed E-state index contributed by atoms with van der Waals surface area (Å²) in [7, 11) is 0. The molecule has 10 aromatic rings. The SMILES string of the molecule is CC1(C)c2ccccc2N(c2ccc(N(c3ccc(-c4nc5ccccc5s4)cc3)c3cccc(-c4ccccc4)c3)cc2)c2ccc(-c3nc4ccccc4s3)cc21. The lowest BCUT2D eigenvalue weighted by atomic mass is 9.73. The quantitative estimate of drug-likeness (QED) is 0.161. The van der Waals surface area contributed by atoms with E-state index in [9.17, 15) is 0 Å². The van der Waals surface area contributed by atoms with Gasteiger partial charge < -0.3 is 9.80 Å². The summed E-state index contributed by atoms with van der Waals surface area (Å²) in [5.41, 5.74) is 15.8. The normalized spacial score (nSPS) is 13.0. The molecule has 1 aliphatic rings. The lowest BCUT2D eigenvalue weighted by Crippen LogP contribution is -2.30. The number of rotatable bonds is 7. The van der Waals surface area contributed by atoms with Crippen LogP contribution in [-0.2, 0) is 5.41 Å². The topological polar surface area (TPSA) is 32.3 Å². The van der Waals surface area contributed by atoms with Crippen LogP contribution in [-0.4, -0.2) is 9.97 Å². The van der Waals surface area contributed by atoms with Gasteiger partial charge in [0.25, 0.3) is 0 Å². The predicted molar refractivity (Wildman–Crippen MR) is 251 cm³/mol. The zero-order valence-electron chi connectivity index (χ0n) is 32.6. The van der Waals surface area contributed by atoms with Gasteiger partial charge in [0, 0.05) is 39.3 Å². The zero-order chi connectivity index (χ0) is 39.5. The largest absolute Gasteiger partial charge is 0.310 e. The third-order valence-electron chi connectivity index (χ3n) is 11.5. The van der Waals surface area contributed by atoms with Crippen LogP contribution in [0.1, 0.15) is 25.0 Å². The average Bonchev–Trinajstić information content (AvgIpc) is 3.93. The molecule has 0 aliphatic carbocycles. The number of aromatic nitrogens is 2. The maximum absolute atomic E-state index is 5.03. The van der Waals surface area contributed by atoms with Crippen LogP contribution < -0.4 is 9.80 Å². The van der Waals surface area contributed by atoms with Crippen molar-refractivity contribution >= 4 is 77.2 Å². The van der Waals surface area contributed by atoms with E-state index in [-0.39, 0.29) is 5.41 Å². The number of hydrogen-bond donors (Lipinski definition) is 0. The Balaban J connectivity index is 1.00. The van der Waals surface area contributed by atoms with Gasteiger partial charge in [0.1, 0.15) is 10.0 Å². The number of anilines is 6. The second-order valence-electron chi connectivity index (χ2n) is 15.5. The molecule has 0 radical (unpaired) electrons. The second kappa shape index (κ2) is 14.2. The summed E-state index contributed by atoms with van der Waals surface area (Å²) in [5.74, 6) is 0. The van der Waals surface area contributed by atoms with E-state index in [1.165, 1.54) is 43.0 Å². The molecule has 0 saturated carbocycles. The Bertz CT molecular complexity index is 3080. The van der Waals surface area contributed by atoms with Gasteiger partial charge in [-0.1, -0.05) is 98.8 Å². The van der Waals surface area contributed by atoms with Gasteiger partial charge in [-0.15, -0.1) is 22.7 Å². The van der Waals surface area contributed by atoms with Gasteiger partial charge in [-0.3, -0.25) is 0 Å². The van der Waals surface area contributed by atoms with E-state index < -0.39 is 0 Å². The van der Waals surface area contributed by atoms with E-state index in [2.05, 4.69) is 212 Å². The molecule has 6 heteroatoms. The molecule has 59 heavy (non-hydrogen) atoms. The molecule has 3 heterocycles. The van der Waals surface area contributed by atoms with Crippen LogP contribution >= 0.6 is 22.7 Å². The van der Waals surface area contributed by atoms with Gasteiger partial charge >= 0.3 is 0 Å². The highest BCUT2D eigenvalue weighted by Crippen LogP contribution is 2.53. The molecule has 0 spiro atoms. The molecule has 11 rings (SSSR count). The Morgan fingerprint density at radius 3 is 1.68 bits per heavy atom.